The van der Waals surface area contributed by atoms with Gasteiger partial charge in [-0.3, -0.25) is 19.7 Å². The molecule has 2 aliphatic heterocycles. The van der Waals surface area contributed by atoms with E-state index in [9.17, 15) is 14.4 Å². The quantitative estimate of drug-likeness (QED) is 0.661. The monoisotopic (exact) mass is 370 g/mol. The van der Waals surface area contributed by atoms with Crippen molar-refractivity contribution >= 4 is 17.7 Å². The first-order chi connectivity index (χ1) is 13.0. The highest BCUT2D eigenvalue weighted by Gasteiger charge is 2.39. The van der Waals surface area contributed by atoms with Gasteiger partial charge < -0.3 is 16.0 Å². The lowest BCUT2D eigenvalue weighted by molar-refractivity contribution is -0.136. The third-order valence-corrected chi connectivity index (χ3v) is 5.94. The van der Waals surface area contributed by atoms with E-state index < -0.39 is 6.04 Å². The van der Waals surface area contributed by atoms with Gasteiger partial charge in [-0.05, 0) is 55.3 Å². The van der Waals surface area contributed by atoms with Gasteiger partial charge >= 0.3 is 0 Å². The summed E-state index contributed by atoms with van der Waals surface area (Å²) in [5, 5.41) is 5.81. The summed E-state index contributed by atoms with van der Waals surface area (Å²) in [4.78, 5) is 37.9. The molecule has 7 heteroatoms. The molecular weight excluding hydrogens is 344 g/mol. The summed E-state index contributed by atoms with van der Waals surface area (Å²) >= 11 is 0. The van der Waals surface area contributed by atoms with Gasteiger partial charge in [-0.25, -0.2) is 0 Å². The van der Waals surface area contributed by atoms with Crippen molar-refractivity contribution in [3.63, 3.8) is 0 Å². The summed E-state index contributed by atoms with van der Waals surface area (Å²) in [5.41, 5.74) is 8.63. The molecule has 1 aromatic rings. The van der Waals surface area contributed by atoms with Gasteiger partial charge in [0.25, 0.3) is 5.91 Å². The van der Waals surface area contributed by atoms with E-state index in [1.165, 1.54) is 6.42 Å². The number of hydrogen-bond donors (Lipinski definition) is 3. The van der Waals surface area contributed by atoms with Crippen molar-refractivity contribution < 1.29 is 14.4 Å². The topological polar surface area (TPSA) is 105 Å². The summed E-state index contributed by atoms with van der Waals surface area (Å²) in [7, 11) is 0. The van der Waals surface area contributed by atoms with Gasteiger partial charge in [-0.1, -0.05) is 12.1 Å². The Morgan fingerprint density at radius 3 is 2.78 bits per heavy atom. The Hall–Kier alpha value is -2.25. The van der Waals surface area contributed by atoms with Crippen LogP contribution in [-0.2, 0) is 22.7 Å². The molecule has 4 N–H and O–H groups in total. The molecule has 2 fully saturated rings. The van der Waals surface area contributed by atoms with Crippen LogP contribution in [0.2, 0.25) is 0 Å². The molecule has 0 spiro atoms. The van der Waals surface area contributed by atoms with Crippen LogP contribution in [0.25, 0.3) is 0 Å². The fourth-order valence-corrected chi connectivity index (χ4v) is 4.43. The molecule has 1 unspecified atom stereocenters. The molecule has 0 bridgehead atoms. The Bertz CT molecular complexity index is 778. The van der Waals surface area contributed by atoms with Crippen molar-refractivity contribution in [3.05, 3.63) is 34.9 Å². The van der Waals surface area contributed by atoms with Crippen LogP contribution < -0.4 is 16.4 Å². The number of imide groups is 1. The van der Waals surface area contributed by atoms with Crippen LogP contribution in [0.5, 0.6) is 0 Å². The highest BCUT2D eigenvalue weighted by molar-refractivity contribution is 6.05. The van der Waals surface area contributed by atoms with Crippen LogP contribution in [0.15, 0.2) is 18.2 Å². The largest absolute Gasteiger partial charge is 0.328 e. The summed E-state index contributed by atoms with van der Waals surface area (Å²) in [6.07, 6.45) is 4.03. The second-order valence-corrected chi connectivity index (χ2v) is 7.96. The second-order valence-electron chi connectivity index (χ2n) is 7.96. The van der Waals surface area contributed by atoms with Gasteiger partial charge in [0.15, 0.2) is 0 Å². The van der Waals surface area contributed by atoms with Gasteiger partial charge in [0.2, 0.25) is 11.8 Å². The lowest BCUT2D eigenvalue weighted by atomic mass is 10.0. The van der Waals surface area contributed by atoms with Crippen LogP contribution in [0.4, 0.5) is 0 Å². The molecule has 7 nitrogen and oxygen atoms in total. The van der Waals surface area contributed by atoms with Crippen molar-refractivity contribution in [2.24, 2.45) is 11.7 Å². The summed E-state index contributed by atoms with van der Waals surface area (Å²) < 4.78 is 0. The van der Waals surface area contributed by atoms with Crippen molar-refractivity contribution in [2.45, 2.75) is 57.3 Å². The SMILES string of the molecule is N[C@@H]1CC[C@H](CNCc2ccc3c(c2)C(=O)N(C2CCC(=O)NC2=O)C3)C1. The molecule has 2 heterocycles. The molecule has 1 aromatic carbocycles. The van der Waals surface area contributed by atoms with E-state index in [0.29, 0.717) is 37.0 Å². The maximum absolute atomic E-state index is 12.8. The molecule has 1 saturated heterocycles. The van der Waals surface area contributed by atoms with Crippen LogP contribution in [0, 0.1) is 5.92 Å². The minimum absolute atomic E-state index is 0.122. The zero-order valence-electron chi connectivity index (χ0n) is 15.4. The molecule has 0 aromatic heterocycles. The van der Waals surface area contributed by atoms with Crippen molar-refractivity contribution in [1.29, 1.82) is 0 Å². The zero-order valence-corrected chi connectivity index (χ0v) is 15.4. The van der Waals surface area contributed by atoms with E-state index in [1.54, 1.807) is 4.90 Å². The molecule has 3 aliphatic rings. The average Bonchev–Trinajstić information content (AvgIpc) is 3.19. The summed E-state index contributed by atoms with van der Waals surface area (Å²) in [6, 6.07) is 5.72. The fourth-order valence-electron chi connectivity index (χ4n) is 4.43. The Morgan fingerprint density at radius 2 is 2.04 bits per heavy atom. The normalized spacial score (nSPS) is 27.8. The molecule has 0 radical (unpaired) electrons. The fraction of sp³-hybridized carbons (Fsp3) is 0.550. The molecule has 4 rings (SSSR count). The first-order valence-electron chi connectivity index (χ1n) is 9.74. The Labute approximate surface area is 158 Å². The Morgan fingerprint density at radius 1 is 1.19 bits per heavy atom. The number of piperidine rings is 1. The predicted octanol–water partition coefficient (Wildman–Crippen LogP) is 0.665. The first-order valence-corrected chi connectivity index (χ1v) is 9.74. The van der Waals surface area contributed by atoms with E-state index in [-0.39, 0.29) is 24.1 Å². The van der Waals surface area contributed by atoms with Crippen LogP contribution in [0.3, 0.4) is 0 Å². The third-order valence-electron chi connectivity index (χ3n) is 5.94. The van der Waals surface area contributed by atoms with Crippen molar-refractivity contribution in [1.82, 2.24) is 15.5 Å². The number of rotatable bonds is 5. The molecule has 1 aliphatic carbocycles. The number of amides is 3. The Kier molecular flexibility index (Phi) is 4.97. The minimum atomic E-state index is -0.559. The van der Waals surface area contributed by atoms with Crippen molar-refractivity contribution in [2.75, 3.05) is 6.54 Å². The lowest BCUT2D eigenvalue weighted by Gasteiger charge is -2.29. The van der Waals surface area contributed by atoms with E-state index in [1.807, 2.05) is 18.2 Å². The van der Waals surface area contributed by atoms with E-state index in [2.05, 4.69) is 10.6 Å². The lowest BCUT2D eigenvalue weighted by Crippen LogP contribution is -2.52. The molecule has 3 atom stereocenters. The van der Waals surface area contributed by atoms with Gasteiger partial charge in [0, 0.05) is 31.1 Å². The van der Waals surface area contributed by atoms with Crippen molar-refractivity contribution in [3.8, 4) is 0 Å². The number of carbonyl (C=O) groups excluding carboxylic acids is 3. The second kappa shape index (κ2) is 7.40. The number of nitrogens with one attached hydrogen (secondary N) is 2. The minimum Gasteiger partial charge on any atom is -0.328 e. The highest BCUT2D eigenvalue weighted by Crippen LogP contribution is 2.28. The van der Waals surface area contributed by atoms with E-state index >= 15 is 0 Å². The molecule has 144 valence electrons. The third kappa shape index (κ3) is 3.75. The number of nitrogens with two attached hydrogens (primary N) is 1. The van der Waals surface area contributed by atoms with Gasteiger partial charge in [0.1, 0.15) is 6.04 Å². The van der Waals surface area contributed by atoms with Gasteiger partial charge in [-0.2, -0.15) is 0 Å². The van der Waals surface area contributed by atoms with Gasteiger partial charge in [-0.15, -0.1) is 0 Å². The molecule has 27 heavy (non-hydrogen) atoms. The molecule has 1 saturated carbocycles. The van der Waals surface area contributed by atoms with Gasteiger partial charge in [0.05, 0.1) is 0 Å². The van der Waals surface area contributed by atoms with Crippen LogP contribution >= 0.6 is 0 Å². The summed E-state index contributed by atoms with van der Waals surface area (Å²) in [6.45, 7) is 2.08. The number of hydrogen-bond acceptors (Lipinski definition) is 5. The number of benzene rings is 1. The van der Waals surface area contributed by atoms with E-state index in [0.717, 1.165) is 30.5 Å². The first kappa shape index (κ1) is 18.1. The molecule has 3 amide bonds. The maximum Gasteiger partial charge on any atom is 0.255 e. The predicted molar refractivity (Wildman–Crippen MR) is 99.5 cm³/mol. The molecular formula is C20H26N4O3. The van der Waals surface area contributed by atoms with Crippen LogP contribution in [-0.4, -0.2) is 41.2 Å². The maximum atomic E-state index is 12.8. The summed E-state index contributed by atoms with van der Waals surface area (Å²) in [5.74, 6) is -0.122. The smallest absolute Gasteiger partial charge is 0.255 e. The number of nitrogens with zero attached hydrogens (tertiary/aromatic N) is 1. The van der Waals surface area contributed by atoms with Crippen LogP contribution in [0.1, 0.15) is 53.6 Å². The highest BCUT2D eigenvalue weighted by atomic mass is 16.2. The number of fused-ring (bicyclic) bond motifs is 1. The zero-order chi connectivity index (χ0) is 19.0. The number of carbonyl (C=O) groups is 3. The van der Waals surface area contributed by atoms with E-state index in [4.69, 9.17) is 5.73 Å². The standard InChI is InChI=1S/C20H26N4O3/c21-15-4-2-12(7-15)9-22-10-13-1-3-14-11-24(20(27)16(14)8-13)17-5-6-18(25)23-19(17)26/h1,3,8,12,15,17,22H,2,4-7,9-11,21H2,(H,23,25,26)/t12-,15+,17?/m0/s1. The average molecular weight is 370 g/mol. The Balaban J connectivity index is 1.38.